The molecule has 0 amide bonds. The van der Waals surface area contributed by atoms with Crippen molar-refractivity contribution in [3.8, 4) is 17.2 Å². The minimum absolute atomic E-state index is 0.0499. The van der Waals surface area contributed by atoms with Gasteiger partial charge in [-0.25, -0.2) is 4.98 Å². The number of aliphatic imine (C=N–C) groups is 1. The van der Waals surface area contributed by atoms with Crippen molar-refractivity contribution in [2.45, 2.75) is 0 Å². The largest absolute Gasteiger partial charge is 0.496 e. The minimum Gasteiger partial charge on any atom is -0.496 e. The van der Waals surface area contributed by atoms with Gasteiger partial charge < -0.3 is 9.15 Å². The molecule has 0 saturated carbocycles. The quantitative estimate of drug-likeness (QED) is 0.177. The zero-order chi connectivity index (χ0) is 21.8. The van der Waals surface area contributed by atoms with E-state index in [4.69, 9.17) is 9.15 Å². The fourth-order valence-electron chi connectivity index (χ4n) is 2.99. The van der Waals surface area contributed by atoms with Crippen molar-refractivity contribution in [2.24, 2.45) is 4.99 Å². The fourth-order valence-corrected chi connectivity index (χ4v) is 3.53. The summed E-state index contributed by atoms with van der Waals surface area (Å²) < 4.78 is 11.9. The van der Waals surface area contributed by atoms with Gasteiger partial charge in [0.15, 0.2) is 5.58 Å². The van der Waals surface area contributed by atoms with Crippen molar-refractivity contribution < 1.29 is 14.1 Å². The van der Waals surface area contributed by atoms with Crippen LogP contribution in [0.5, 0.6) is 5.75 Å². The highest BCUT2D eigenvalue weighted by molar-refractivity contribution is 9.10. The molecule has 154 valence electrons. The summed E-state index contributed by atoms with van der Waals surface area (Å²) in [5.74, 6) is 1.22. The summed E-state index contributed by atoms with van der Waals surface area (Å²) >= 11 is 3.47. The molecule has 0 bridgehead atoms. The monoisotopic (exact) mass is 477 g/mol. The third-order valence-electron chi connectivity index (χ3n) is 4.49. The van der Waals surface area contributed by atoms with Gasteiger partial charge in [-0.3, -0.25) is 15.1 Å². The molecule has 0 fully saturated rings. The fraction of sp³-hybridized carbons (Fsp3) is 0.0435. The molecule has 0 radical (unpaired) electrons. The second-order valence-corrected chi connectivity index (χ2v) is 7.33. The molecule has 4 aromatic rings. The van der Waals surface area contributed by atoms with Crippen molar-refractivity contribution in [2.75, 3.05) is 7.11 Å². The van der Waals surface area contributed by atoms with Crippen LogP contribution in [0.4, 0.5) is 11.4 Å². The first-order valence-electron chi connectivity index (χ1n) is 9.24. The molecule has 0 N–H and O–H groups in total. The maximum atomic E-state index is 11.1. The van der Waals surface area contributed by atoms with E-state index in [9.17, 15) is 10.1 Å². The number of hydrogen-bond acceptors (Lipinski definition) is 6. The predicted octanol–water partition coefficient (Wildman–Crippen LogP) is 6.59. The number of aromatic nitrogens is 1. The van der Waals surface area contributed by atoms with Gasteiger partial charge in [-0.1, -0.05) is 12.1 Å². The number of para-hydroxylation sites is 1. The average molecular weight is 478 g/mol. The van der Waals surface area contributed by atoms with Gasteiger partial charge in [-0.2, -0.15) is 0 Å². The van der Waals surface area contributed by atoms with Crippen LogP contribution in [-0.4, -0.2) is 23.2 Å². The van der Waals surface area contributed by atoms with Crippen molar-refractivity contribution in [3.05, 3.63) is 86.9 Å². The van der Waals surface area contributed by atoms with Gasteiger partial charge in [0.25, 0.3) is 5.69 Å². The number of hydrogen-bond donors (Lipinski definition) is 0. The first-order chi connectivity index (χ1) is 15.0. The molecular formula is C23H16BrN3O4. The van der Waals surface area contributed by atoms with Crippen LogP contribution in [0.2, 0.25) is 0 Å². The van der Waals surface area contributed by atoms with E-state index in [0.717, 1.165) is 15.8 Å². The van der Waals surface area contributed by atoms with E-state index in [-0.39, 0.29) is 5.69 Å². The number of nitro benzene ring substituents is 1. The summed E-state index contributed by atoms with van der Waals surface area (Å²) in [6.07, 6.45) is 4.89. The average Bonchev–Trinajstić information content (AvgIpc) is 3.20. The Hall–Kier alpha value is -3.78. The number of nitrogens with zero attached hydrogens (tertiary/aromatic N) is 3. The number of benzene rings is 3. The van der Waals surface area contributed by atoms with Crippen molar-refractivity contribution in [1.29, 1.82) is 0 Å². The molecule has 0 spiro atoms. The van der Waals surface area contributed by atoms with E-state index in [1.165, 1.54) is 6.07 Å². The standard InChI is InChI=1S/C23H16BrN3O4/c1-30-21-10-8-16(13-18(21)24)23-26-19-14-17(9-11-22(19)31-23)25-12-4-6-15-5-2-3-7-20(15)27(28)29/h2-14H,1H3/b6-4+,25-12?. The molecule has 0 aliphatic rings. The van der Waals surface area contributed by atoms with E-state index < -0.39 is 4.92 Å². The van der Waals surface area contributed by atoms with Gasteiger partial charge in [0.2, 0.25) is 5.89 Å². The van der Waals surface area contributed by atoms with Crippen molar-refractivity contribution in [1.82, 2.24) is 4.98 Å². The number of methoxy groups -OCH3 is 1. The molecule has 7 nitrogen and oxygen atoms in total. The summed E-state index contributed by atoms with van der Waals surface area (Å²) in [7, 11) is 1.61. The molecule has 4 rings (SSSR count). The first kappa shape index (κ1) is 20.5. The molecule has 0 atom stereocenters. The van der Waals surface area contributed by atoms with Gasteiger partial charge in [0, 0.05) is 17.8 Å². The highest BCUT2D eigenvalue weighted by Gasteiger charge is 2.11. The van der Waals surface area contributed by atoms with Gasteiger partial charge in [-0.15, -0.1) is 0 Å². The summed E-state index contributed by atoms with van der Waals surface area (Å²) in [6.45, 7) is 0. The Morgan fingerprint density at radius 2 is 2.00 bits per heavy atom. The summed E-state index contributed by atoms with van der Waals surface area (Å²) in [6, 6.07) is 17.6. The lowest BCUT2D eigenvalue weighted by atomic mass is 10.1. The first-order valence-corrected chi connectivity index (χ1v) is 10.0. The Labute approximate surface area is 186 Å². The zero-order valence-corrected chi connectivity index (χ0v) is 17.9. The second kappa shape index (κ2) is 8.93. The van der Waals surface area contributed by atoms with Gasteiger partial charge in [-0.05, 0) is 70.5 Å². The summed E-state index contributed by atoms with van der Waals surface area (Å²) in [4.78, 5) is 19.6. The molecule has 1 aromatic heterocycles. The third kappa shape index (κ3) is 4.54. The normalized spacial score (nSPS) is 11.5. The maximum Gasteiger partial charge on any atom is 0.276 e. The maximum absolute atomic E-state index is 11.1. The summed E-state index contributed by atoms with van der Waals surface area (Å²) in [5.41, 5.74) is 3.41. The second-order valence-electron chi connectivity index (χ2n) is 6.47. The van der Waals surface area contributed by atoms with Gasteiger partial charge in [0.1, 0.15) is 11.3 Å². The van der Waals surface area contributed by atoms with Gasteiger partial charge >= 0.3 is 0 Å². The molecule has 3 aromatic carbocycles. The highest BCUT2D eigenvalue weighted by Crippen LogP contribution is 2.32. The van der Waals surface area contributed by atoms with E-state index in [0.29, 0.717) is 28.2 Å². The van der Waals surface area contributed by atoms with Crippen LogP contribution < -0.4 is 4.74 Å². The third-order valence-corrected chi connectivity index (χ3v) is 5.11. The number of rotatable bonds is 6. The predicted molar refractivity (Wildman–Crippen MR) is 124 cm³/mol. The lowest BCUT2D eigenvalue weighted by Gasteiger charge is -2.03. The van der Waals surface area contributed by atoms with Crippen molar-refractivity contribution in [3.63, 3.8) is 0 Å². The lowest BCUT2D eigenvalue weighted by Crippen LogP contribution is -1.90. The van der Waals surface area contributed by atoms with Crippen LogP contribution in [0.25, 0.3) is 28.6 Å². The van der Waals surface area contributed by atoms with Crippen LogP contribution in [0, 0.1) is 10.1 Å². The number of oxazole rings is 1. The number of fused-ring (bicyclic) bond motifs is 1. The van der Waals surface area contributed by atoms with Crippen LogP contribution in [0.3, 0.4) is 0 Å². The Bertz CT molecular complexity index is 1330. The van der Waals surface area contributed by atoms with Crippen LogP contribution in [0.1, 0.15) is 5.56 Å². The minimum atomic E-state index is -0.408. The number of halogens is 1. The summed E-state index contributed by atoms with van der Waals surface area (Å²) in [5, 5.41) is 11.1. The van der Waals surface area contributed by atoms with E-state index in [2.05, 4.69) is 25.9 Å². The zero-order valence-electron chi connectivity index (χ0n) is 16.4. The van der Waals surface area contributed by atoms with E-state index in [1.807, 2.05) is 36.4 Å². The Morgan fingerprint density at radius 1 is 1.16 bits per heavy atom. The molecule has 0 aliphatic carbocycles. The van der Waals surface area contributed by atoms with Crippen LogP contribution in [0.15, 0.2) is 80.6 Å². The van der Waals surface area contributed by atoms with Crippen LogP contribution >= 0.6 is 15.9 Å². The number of allylic oxidation sites excluding steroid dienone is 1. The Morgan fingerprint density at radius 3 is 2.77 bits per heavy atom. The molecule has 31 heavy (non-hydrogen) atoms. The van der Waals surface area contributed by atoms with E-state index in [1.54, 1.807) is 43.7 Å². The highest BCUT2D eigenvalue weighted by atomic mass is 79.9. The van der Waals surface area contributed by atoms with Crippen molar-refractivity contribution >= 4 is 50.7 Å². The molecule has 0 aliphatic heterocycles. The molecule has 1 heterocycles. The molecular weight excluding hydrogens is 462 g/mol. The van der Waals surface area contributed by atoms with E-state index >= 15 is 0 Å². The SMILES string of the molecule is COc1ccc(-c2nc3cc(N=C/C=C/c4ccccc4[N+](=O)[O-])ccc3o2)cc1Br. The molecule has 8 heteroatoms. The lowest BCUT2D eigenvalue weighted by molar-refractivity contribution is -0.385. The Balaban J connectivity index is 1.55. The van der Waals surface area contributed by atoms with Gasteiger partial charge in [0.05, 0.1) is 27.8 Å². The Kier molecular flexibility index (Phi) is 5.90. The van der Waals surface area contributed by atoms with Crippen LogP contribution in [-0.2, 0) is 0 Å². The number of nitro groups is 1. The molecule has 0 saturated heterocycles. The molecule has 0 unspecified atom stereocenters. The number of ether oxygens (including phenoxy) is 1. The smallest absolute Gasteiger partial charge is 0.276 e. The topological polar surface area (TPSA) is 90.8 Å².